The number of hydrogen-bond acceptors (Lipinski definition) is 2. The molecule has 0 bridgehead atoms. The summed E-state index contributed by atoms with van der Waals surface area (Å²) < 4.78 is 11.8. The Morgan fingerprint density at radius 1 is 1.29 bits per heavy atom. The third-order valence-electron chi connectivity index (χ3n) is 1.99. The van der Waals surface area contributed by atoms with Crippen LogP contribution in [-0.2, 0) is 10.8 Å². The fraction of sp³-hybridized carbons (Fsp3) is 0.250. The highest BCUT2D eigenvalue weighted by atomic mass is 32.2. The van der Waals surface area contributed by atoms with E-state index in [0.29, 0.717) is 18.8 Å². The van der Waals surface area contributed by atoms with E-state index in [9.17, 15) is 9.00 Å². The van der Waals surface area contributed by atoms with Crippen molar-refractivity contribution >= 4 is 16.8 Å². The second-order valence-electron chi connectivity index (χ2n) is 3.29. The molecule has 4 nitrogen and oxygen atoms in total. The van der Waals surface area contributed by atoms with Crippen molar-refractivity contribution in [2.24, 2.45) is 0 Å². The maximum absolute atomic E-state index is 11.8. The van der Waals surface area contributed by atoms with Gasteiger partial charge in [0, 0.05) is 23.7 Å². The molecule has 1 aromatic carbocycles. The molecule has 1 rings (SSSR count). The zero-order valence-electron chi connectivity index (χ0n) is 9.52. The van der Waals surface area contributed by atoms with Crippen LogP contribution in [-0.4, -0.2) is 29.1 Å². The molecular formula is C12H16N2O2S. The number of hydrogen-bond donors (Lipinski definition) is 2. The number of rotatable bonds is 6. The van der Waals surface area contributed by atoms with Gasteiger partial charge in [-0.1, -0.05) is 24.3 Å². The Balaban J connectivity index is 2.25. The zero-order chi connectivity index (χ0) is 12.5. The molecule has 1 aromatic rings. The summed E-state index contributed by atoms with van der Waals surface area (Å²) in [6.07, 6.45) is 1.60. The number of carbonyl (C=O) groups is 1. The summed E-state index contributed by atoms with van der Waals surface area (Å²) in [5.41, 5.74) is 0. The summed E-state index contributed by atoms with van der Waals surface area (Å²) in [5, 5.41) is 5.21. The molecule has 92 valence electrons. The Kier molecular flexibility index (Phi) is 6.03. The third kappa shape index (κ3) is 5.31. The molecule has 0 saturated heterocycles. The third-order valence-corrected chi connectivity index (χ3v) is 3.36. The molecule has 0 aliphatic rings. The first-order chi connectivity index (χ1) is 8.24. The molecule has 1 atom stereocenters. The van der Waals surface area contributed by atoms with Crippen molar-refractivity contribution in [1.29, 1.82) is 0 Å². The highest BCUT2D eigenvalue weighted by Gasteiger charge is 2.03. The highest BCUT2D eigenvalue weighted by Crippen LogP contribution is 2.04. The Bertz CT molecular complexity index is 393. The van der Waals surface area contributed by atoms with Crippen LogP contribution in [0.25, 0.3) is 0 Å². The Labute approximate surface area is 104 Å². The van der Waals surface area contributed by atoms with E-state index in [2.05, 4.69) is 17.2 Å². The van der Waals surface area contributed by atoms with Gasteiger partial charge in [-0.25, -0.2) is 4.79 Å². The fourth-order valence-electron chi connectivity index (χ4n) is 1.17. The van der Waals surface area contributed by atoms with Gasteiger partial charge >= 0.3 is 6.03 Å². The summed E-state index contributed by atoms with van der Waals surface area (Å²) in [7, 11) is -1.07. The molecule has 0 aliphatic heterocycles. The van der Waals surface area contributed by atoms with Crippen LogP contribution in [0.5, 0.6) is 0 Å². The average Bonchev–Trinajstić information content (AvgIpc) is 2.37. The summed E-state index contributed by atoms with van der Waals surface area (Å²) in [6, 6.07) is 8.92. The van der Waals surface area contributed by atoms with E-state index in [4.69, 9.17) is 0 Å². The molecule has 0 heterocycles. The Hall–Kier alpha value is -1.62. The molecule has 1 unspecified atom stereocenters. The molecule has 5 heteroatoms. The maximum atomic E-state index is 11.8. The monoisotopic (exact) mass is 252 g/mol. The van der Waals surface area contributed by atoms with Gasteiger partial charge in [0.2, 0.25) is 0 Å². The standard InChI is InChI=1S/C12H16N2O2S/c1-2-8-13-12(15)14-9-10-17(16)11-6-4-3-5-7-11/h2-7H,1,8-10H2,(H2,13,14,15). The molecule has 0 saturated carbocycles. The summed E-state index contributed by atoms with van der Waals surface area (Å²) in [6.45, 7) is 4.29. The highest BCUT2D eigenvalue weighted by molar-refractivity contribution is 7.85. The largest absolute Gasteiger partial charge is 0.337 e. The first kappa shape index (κ1) is 13.4. The second-order valence-corrected chi connectivity index (χ2v) is 4.86. The van der Waals surface area contributed by atoms with Gasteiger partial charge < -0.3 is 10.6 Å². The van der Waals surface area contributed by atoms with Crippen molar-refractivity contribution in [3.05, 3.63) is 43.0 Å². The van der Waals surface area contributed by atoms with Crippen LogP contribution in [0.4, 0.5) is 4.79 Å². The van der Waals surface area contributed by atoms with E-state index < -0.39 is 10.8 Å². The Morgan fingerprint density at radius 2 is 2.00 bits per heavy atom. The van der Waals surface area contributed by atoms with Crippen molar-refractivity contribution in [3.63, 3.8) is 0 Å². The van der Waals surface area contributed by atoms with E-state index in [-0.39, 0.29) is 6.03 Å². The number of benzene rings is 1. The number of amides is 2. The van der Waals surface area contributed by atoms with Gasteiger partial charge in [0.05, 0.1) is 10.8 Å². The van der Waals surface area contributed by atoms with E-state index in [0.717, 1.165) is 4.90 Å². The predicted octanol–water partition coefficient (Wildman–Crippen LogP) is 1.28. The molecule has 0 fully saturated rings. The lowest BCUT2D eigenvalue weighted by Crippen LogP contribution is -2.37. The molecule has 2 amide bonds. The quantitative estimate of drug-likeness (QED) is 0.749. The predicted molar refractivity (Wildman–Crippen MR) is 69.3 cm³/mol. The Morgan fingerprint density at radius 3 is 2.65 bits per heavy atom. The summed E-state index contributed by atoms with van der Waals surface area (Å²) in [4.78, 5) is 11.9. The minimum atomic E-state index is -1.07. The van der Waals surface area contributed by atoms with Crippen LogP contribution in [0.3, 0.4) is 0 Å². The van der Waals surface area contributed by atoms with Crippen LogP contribution in [0.2, 0.25) is 0 Å². The van der Waals surface area contributed by atoms with Crippen LogP contribution in [0.1, 0.15) is 0 Å². The summed E-state index contributed by atoms with van der Waals surface area (Å²) in [5.74, 6) is 0.408. The summed E-state index contributed by atoms with van der Waals surface area (Å²) >= 11 is 0. The van der Waals surface area contributed by atoms with E-state index in [1.165, 1.54) is 0 Å². The SMILES string of the molecule is C=CCNC(=O)NCCS(=O)c1ccccc1. The molecule has 17 heavy (non-hydrogen) atoms. The molecule has 2 N–H and O–H groups in total. The van der Waals surface area contributed by atoms with Gasteiger partial charge in [0.15, 0.2) is 0 Å². The van der Waals surface area contributed by atoms with Gasteiger partial charge in [0.25, 0.3) is 0 Å². The second kappa shape index (κ2) is 7.62. The van der Waals surface area contributed by atoms with Crippen LogP contribution in [0, 0.1) is 0 Å². The number of carbonyl (C=O) groups excluding carboxylic acids is 1. The van der Waals surface area contributed by atoms with Crippen molar-refractivity contribution in [3.8, 4) is 0 Å². The van der Waals surface area contributed by atoms with Crippen LogP contribution >= 0.6 is 0 Å². The molecule has 0 aromatic heterocycles. The molecule has 0 spiro atoms. The van der Waals surface area contributed by atoms with Crippen molar-refractivity contribution < 1.29 is 9.00 Å². The van der Waals surface area contributed by atoms with E-state index in [1.54, 1.807) is 6.08 Å². The zero-order valence-corrected chi connectivity index (χ0v) is 10.3. The minimum absolute atomic E-state index is 0.269. The lowest BCUT2D eigenvalue weighted by Gasteiger charge is -2.05. The molecule has 0 radical (unpaired) electrons. The lowest BCUT2D eigenvalue weighted by molar-refractivity contribution is 0.242. The van der Waals surface area contributed by atoms with Crippen LogP contribution in [0.15, 0.2) is 47.9 Å². The van der Waals surface area contributed by atoms with E-state index >= 15 is 0 Å². The van der Waals surface area contributed by atoms with Crippen molar-refractivity contribution in [1.82, 2.24) is 10.6 Å². The van der Waals surface area contributed by atoms with Crippen molar-refractivity contribution in [2.75, 3.05) is 18.8 Å². The van der Waals surface area contributed by atoms with Crippen LogP contribution < -0.4 is 10.6 Å². The van der Waals surface area contributed by atoms with Gasteiger partial charge in [-0.3, -0.25) is 4.21 Å². The topological polar surface area (TPSA) is 58.2 Å². The fourth-order valence-corrected chi connectivity index (χ4v) is 2.16. The van der Waals surface area contributed by atoms with Crippen molar-refractivity contribution in [2.45, 2.75) is 4.90 Å². The first-order valence-corrected chi connectivity index (χ1v) is 6.62. The minimum Gasteiger partial charge on any atom is -0.337 e. The molecular weight excluding hydrogens is 236 g/mol. The van der Waals surface area contributed by atoms with Gasteiger partial charge in [-0.2, -0.15) is 0 Å². The van der Waals surface area contributed by atoms with E-state index in [1.807, 2.05) is 30.3 Å². The first-order valence-electron chi connectivity index (χ1n) is 5.30. The average molecular weight is 252 g/mol. The maximum Gasteiger partial charge on any atom is 0.315 e. The van der Waals surface area contributed by atoms with Gasteiger partial charge in [0.1, 0.15) is 0 Å². The lowest BCUT2D eigenvalue weighted by atomic mass is 10.4. The number of nitrogens with one attached hydrogen (secondary N) is 2. The van der Waals surface area contributed by atoms with Gasteiger partial charge in [-0.05, 0) is 12.1 Å². The molecule has 0 aliphatic carbocycles. The van der Waals surface area contributed by atoms with Gasteiger partial charge in [-0.15, -0.1) is 6.58 Å². The normalized spacial score (nSPS) is 11.5. The number of urea groups is 1. The smallest absolute Gasteiger partial charge is 0.315 e.